The van der Waals surface area contributed by atoms with E-state index < -0.39 is 0 Å². The average Bonchev–Trinajstić information content (AvgIpc) is 2.72. The van der Waals surface area contributed by atoms with Crippen molar-refractivity contribution in [2.75, 3.05) is 0 Å². The Morgan fingerprint density at radius 1 is 1.42 bits per heavy atom. The quantitative estimate of drug-likeness (QED) is 0.586. The molecule has 1 unspecified atom stereocenters. The van der Waals surface area contributed by atoms with Crippen molar-refractivity contribution >= 4 is 11.8 Å². The molecule has 4 nitrogen and oxygen atoms in total. The summed E-state index contributed by atoms with van der Waals surface area (Å²) in [5.41, 5.74) is 0. The van der Waals surface area contributed by atoms with Crippen molar-refractivity contribution in [3.05, 3.63) is 0 Å². The second kappa shape index (κ2) is 2.77. The van der Waals surface area contributed by atoms with Gasteiger partial charge in [-0.3, -0.25) is 9.59 Å². The SMILES string of the molecule is O=C1CCC(C(=O)NC2CC2)N1. The molecule has 12 heavy (non-hydrogen) atoms. The summed E-state index contributed by atoms with van der Waals surface area (Å²) in [5.74, 6) is -0.0192. The first-order valence-electron chi connectivity index (χ1n) is 4.35. The summed E-state index contributed by atoms with van der Waals surface area (Å²) in [6.45, 7) is 0. The normalized spacial score (nSPS) is 28.3. The molecule has 0 spiro atoms. The highest BCUT2D eigenvalue weighted by molar-refractivity contribution is 5.90. The van der Waals surface area contributed by atoms with Gasteiger partial charge in [-0.2, -0.15) is 0 Å². The van der Waals surface area contributed by atoms with E-state index in [2.05, 4.69) is 10.6 Å². The number of rotatable bonds is 2. The van der Waals surface area contributed by atoms with Gasteiger partial charge in [-0.1, -0.05) is 0 Å². The van der Waals surface area contributed by atoms with Crippen LogP contribution in [0.25, 0.3) is 0 Å². The van der Waals surface area contributed by atoms with E-state index in [4.69, 9.17) is 0 Å². The third-order valence-corrected chi connectivity index (χ3v) is 2.24. The molecule has 2 rings (SSSR count). The minimum Gasteiger partial charge on any atom is -0.352 e. The summed E-state index contributed by atoms with van der Waals surface area (Å²) in [6.07, 6.45) is 3.32. The third-order valence-electron chi connectivity index (χ3n) is 2.24. The molecule has 2 N–H and O–H groups in total. The Balaban J connectivity index is 1.82. The zero-order chi connectivity index (χ0) is 8.55. The van der Waals surface area contributed by atoms with Gasteiger partial charge >= 0.3 is 0 Å². The van der Waals surface area contributed by atoms with E-state index >= 15 is 0 Å². The lowest BCUT2D eigenvalue weighted by atomic mass is 10.2. The van der Waals surface area contributed by atoms with Crippen LogP contribution in [0.15, 0.2) is 0 Å². The summed E-state index contributed by atoms with van der Waals surface area (Å²) in [5, 5.41) is 5.50. The van der Waals surface area contributed by atoms with E-state index in [9.17, 15) is 9.59 Å². The zero-order valence-electron chi connectivity index (χ0n) is 6.80. The molecule has 0 aromatic heterocycles. The van der Waals surface area contributed by atoms with Gasteiger partial charge in [0.25, 0.3) is 0 Å². The third kappa shape index (κ3) is 1.57. The van der Waals surface area contributed by atoms with Crippen LogP contribution in [-0.4, -0.2) is 23.9 Å². The number of hydrogen-bond acceptors (Lipinski definition) is 2. The highest BCUT2D eigenvalue weighted by Gasteiger charge is 2.31. The largest absolute Gasteiger partial charge is 0.352 e. The van der Waals surface area contributed by atoms with Crippen molar-refractivity contribution in [1.29, 1.82) is 0 Å². The number of nitrogens with one attached hydrogen (secondary N) is 2. The van der Waals surface area contributed by atoms with Crippen LogP contribution in [0.5, 0.6) is 0 Å². The number of amides is 2. The molecule has 4 heteroatoms. The number of carbonyl (C=O) groups is 2. The van der Waals surface area contributed by atoms with Crippen molar-refractivity contribution in [2.45, 2.75) is 37.8 Å². The Kier molecular flexibility index (Phi) is 1.75. The lowest BCUT2D eigenvalue weighted by Crippen LogP contribution is -2.42. The first-order chi connectivity index (χ1) is 5.75. The van der Waals surface area contributed by atoms with E-state index in [0.717, 1.165) is 12.8 Å². The van der Waals surface area contributed by atoms with E-state index in [1.807, 2.05) is 0 Å². The van der Waals surface area contributed by atoms with Crippen molar-refractivity contribution in [1.82, 2.24) is 10.6 Å². The van der Waals surface area contributed by atoms with E-state index in [1.54, 1.807) is 0 Å². The van der Waals surface area contributed by atoms with Gasteiger partial charge in [0.2, 0.25) is 11.8 Å². The predicted molar refractivity (Wildman–Crippen MR) is 42.3 cm³/mol. The van der Waals surface area contributed by atoms with Gasteiger partial charge in [-0.15, -0.1) is 0 Å². The monoisotopic (exact) mass is 168 g/mol. The molecule has 2 amide bonds. The topological polar surface area (TPSA) is 58.2 Å². The second-order valence-corrected chi connectivity index (χ2v) is 3.44. The minimum atomic E-state index is -0.266. The lowest BCUT2D eigenvalue weighted by Gasteiger charge is -2.09. The maximum atomic E-state index is 11.3. The lowest BCUT2D eigenvalue weighted by molar-refractivity contribution is -0.125. The van der Waals surface area contributed by atoms with Gasteiger partial charge in [0.05, 0.1) is 0 Å². The highest BCUT2D eigenvalue weighted by atomic mass is 16.2. The van der Waals surface area contributed by atoms with Gasteiger partial charge in [-0.25, -0.2) is 0 Å². The molecule has 1 heterocycles. The Morgan fingerprint density at radius 2 is 2.17 bits per heavy atom. The van der Waals surface area contributed by atoms with Crippen molar-refractivity contribution in [3.8, 4) is 0 Å². The van der Waals surface area contributed by atoms with Crippen LogP contribution >= 0.6 is 0 Å². The van der Waals surface area contributed by atoms with Crippen LogP contribution in [0.2, 0.25) is 0 Å². The smallest absolute Gasteiger partial charge is 0.242 e. The number of carbonyl (C=O) groups excluding carboxylic acids is 2. The fourth-order valence-electron chi connectivity index (χ4n) is 1.34. The van der Waals surface area contributed by atoms with Gasteiger partial charge in [0.15, 0.2) is 0 Å². The molecule has 0 aromatic carbocycles. The summed E-state index contributed by atoms with van der Waals surface area (Å²) in [7, 11) is 0. The zero-order valence-corrected chi connectivity index (χ0v) is 6.80. The molecule has 1 saturated carbocycles. The van der Waals surface area contributed by atoms with Crippen molar-refractivity contribution in [2.24, 2.45) is 0 Å². The molecule has 0 radical (unpaired) electrons. The van der Waals surface area contributed by atoms with Gasteiger partial charge in [0.1, 0.15) is 6.04 Å². The van der Waals surface area contributed by atoms with Crippen LogP contribution in [0.1, 0.15) is 25.7 Å². The average molecular weight is 168 g/mol. The Labute approximate surface area is 70.7 Å². The summed E-state index contributed by atoms with van der Waals surface area (Å²) in [6, 6.07) is 0.119. The van der Waals surface area contributed by atoms with Crippen molar-refractivity contribution < 1.29 is 9.59 Å². The van der Waals surface area contributed by atoms with E-state index in [0.29, 0.717) is 18.9 Å². The molecule has 1 aliphatic carbocycles. The maximum Gasteiger partial charge on any atom is 0.242 e. The van der Waals surface area contributed by atoms with Crippen LogP contribution in [0.4, 0.5) is 0 Å². The highest BCUT2D eigenvalue weighted by Crippen LogP contribution is 2.19. The number of hydrogen-bond donors (Lipinski definition) is 2. The second-order valence-electron chi connectivity index (χ2n) is 3.44. The summed E-state index contributed by atoms with van der Waals surface area (Å²) in [4.78, 5) is 22.1. The van der Waals surface area contributed by atoms with E-state index in [1.165, 1.54) is 0 Å². The molecule has 0 bridgehead atoms. The summed E-state index contributed by atoms with van der Waals surface area (Å²) < 4.78 is 0. The van der Waals surface area contributed by atoms with Crippen LogP contribution in [0.3, 0.4) is 0 Å². The Hall–Kier alpha value is -1.06. The fourth-order valence-corrected chi connectivity index (χ4v) is 1.34. The molecule has 2 aliphatic rings. The standard InChI is InChI=1S/C8H12N2O2/c11-7-4-3-6(10-7)8(12)9-5-1-2-5/h5-6H,1-4H2,(H,9,12)(H,10,11). The maximum absolute atomic E-state index is 11.3. The first kappa shape index (κ1) is 7.58. The minimum absolute atomic E-state index is 0.00838. The molecule has 0 aromatic rings. The molecule has 1 saturated heterocycles. The molecular formula is C8H12N2O2. The summed E-state index contributed by atoms with van der Waals surface area (Å²) >= 11 is 0. The molecule has 2 fully saturated rings. The first-order valence-corrected chi connectivity index (χ1v) is 4.35. The van der Waals surface area contributed by atoms with Gasteiger partial charge in [-0.05, 0) is 19.3 Å². The van der Waals surface area contributed by atoms with Gasteiger partial charge < -0.3 is 10.6 Å². The van der Waals surface area contributed by atoms with Crippen molar-refractivity contribution in [3.63, 3.8) is 0 Å². The molecular weight excluding hydrogens is 156 g/mol. The van der Waals surface area contributed by atoms with Crippen LogP contribution in [-0.2, 0) is 9.59 Å². The molecule has 66 valence electrons. The Morgan fingerprint density at radius 3 is 2.67 bits per heavy atom. The fraction of sp³-hybridized carbons (Fsp3) is 0.750. The van der Waals surface area contributed by atoms with E-state index in [-0.39, 0.29) is 17.9 Å². The predicted octanol–water partition coefficient (Wildman–Crippen LogP) is -0.456. The van der Waals surface area contributed by atoms with Crippen LogP contribution < -0.4 is 10.6 Å². The molecule has 1 atom stereocenters. The Bertz CT molecular complexity index is 223. The molecule has 1 aliphatic heterocycles. The van der Waals surface area contributed by atoms with Gasteiger partial charge in [0, 0.05) is 12.5 Å². The van der Waals surface area contributed by atoms with Crippen LogP contribution in [0, 0.1) is 0 Å².